The molecule has 9 N–H and O–H groups in total. The highest BCUT2D eigenvalue weighted by Gasteiger charge is 2.52. The Labute approximate surface area is 175 Å². The molecule has 0 aliphatic carbocycles. The van der Waals surface area contributed by atoms with Crippen molar-refractivity contribution in [2.75, 3.05) is 26.3 Å². The van der Waals surface area contributed by atoms with Crippen LogP contribution >= 0.6 is 0 Å². The van der Waals surface area contributed by atoms with Crippen molar-refractivity contribution in [3.8, 4) is 0 Å². The Kier molecular flexibility index (Phi) is 8.20. The Morgan fingerprint density at radius 1 is 1.33 bits per heavy atom. The topological polar surface area (TPSA) is 218 Å². The van der Waals surface area contributed by atoms with E-state index >= 15 is 0 Å². The molecule has 13 nitrogen and oxygen atoms in total. The summed E-state index contributed by atoms with van der Waals surface area (Å²) in [5.41, 5.74) is 9.75. The number of nitrogens with two attached hydrogens (primary N) is 2. The van der Waals surface area contributed by atoms with Crippen LogP contribution < -0.4 is 21.5 Å². The van der Waals surface area contributed by atoms with Gasteiger partial charge in [0.1, 0.15) is 5.54 Å². The number of carboxylic acid groups (broad SMARTS) is 1. The molecule has 1 amide bonds. The van der Waals surface area contributed by atoms with Gasteiger partial charge in [-0.3, -0.25) is 9.59 Å². The lowest BCUT2D eigenvalue weighted by Gasteiger charge is -2.26. The van der Waals surface area contributed by atoms with Crippen molar-refractivity contribution in [2.24, 2.45) is 17.4 Å². The van der Waals surface area contributed by atoms with E-state index in [1.54, 1.807) is 0 Å². The highest BCUT2D eigenvalue weighted by Crippen LogP contribution is 2.32. The van der Waals surface area contributed by atoms with Crippen LogP contribution in [0.5, 0.6) is 0 Å². The second kappa shape index (κ2) is 9.87. The SMILES string of the molecule is C[C@H](N)C(=O)N[C@H]1COC[C@@H]1NS(=O)(=O)N1C[C@H](CCCB(O)O)[C@](N)(C(=O)O)C1. The van der Waals surface area contributed by atoms with Crippen molar-refractivity contribution in [2.45, 2.75) is 49.8 Å². The van der Waals surface area contributed by atoms with Crippen LogP contribution in [0.4, 0.5) is 0 Å². The molecule has 0 bridgehead atoms. The van der Waals surface area contributed by atoms with Gasteiger partial charge in [0.2, 0.25) is 5.91 Å². The first-order valence-electron chi connectivity index (χ1n) is 9.66. The molecule has 0 radical (unpaired) electrons. The van der Waals surface area contributed by atoms with Crippen LogP contribution in [0.25, 0.3) is 0 Å². The maximum Gasteiger partial charge on any atom is 0.451 e. The third-order valence-corrected chi connectivity index (χ3v) is 7.02. The zero-order valence-corrected chi connectivity index (χ0v) is 17.5. The number of hydrogen-bond donors (Lipinski definition) is 7. The normalized spacial score (nSPS) is 30.9. The molecule has 0 unspecified atom stereocenters. The highest BCUT2D eigenvalue weighted by atomic mass is 32.2. The summed E-state index contributed by atoms with van der Waals surface area (Å²) < 4.78 is 34.5. The summed E-state index contributed by atoms with van der Waals surface area (Å²) in [5.74, 6) is -2.49. The number of amides is 1. The second-order valence-corrected chi connectivity index (χ2v) is 9.62. The standard InChI is InChI=1S/C15H30BN5O8S/c1-9(17)13(22)19-11-6-29-7-12(11)20-30(27,28)21-5-10(3-2-4-16(25)26)15(18,8-21)14(23)24/h9-12,20,25-26H,2-8,17-18H2,1H3,(H,19,22)(H,23,24)/t9-,10-,11-,12-,15-/m0/s1. The van der Waals surface area contributed by atoms with Gasteiger partial charge in [-0.1, -0.05) is 6.42 Å². The molecule has 2 aliphatic rings. The van der Waals surface area contributed by atoms with Gasteiger partial charge in [-0.15, -0.1) is 0 Å². The first kappa shape index (κ1) is 24.9. The van der Waals surface area contributed by atoms with Crippen LogP contribution in [0.1, 0.15) is 19.8 Å². The van der Waals surface area contributed by atoms with Gasteiger partial charge in [0.15, 0.2) is 0 Å². The van der Waals surface area contributed by atoms with Crippen LogP contribution in [-0.2, 0) is 24.5 Å². The van der Waals surface area contributed by atoms with Crippen LogP contribution in [0.15, 0.2) is 0 Å². The first-order valence-corrected chi connectivity index (χ1v) is 11.1. The minimum Gasteiger partial charge on any atom is -0.480 e. The monoisotopic (exact) mass is 451 g/mol. The third-order valence-electron chi connectivity index (χ3n) is 5.47. The largest absolute Gasteiger partial charge is 0.480 e. The van der Waals surface area contributed by atoms with E-state index in [1.807, 2.05) is 0 Å². The average molecular weight is 451 g/mol. The Morgan fingerprint density at radius 2 is 1.97 bits per heavy atom. The van der Waals surface area contributed by atoms with E-state index < -0.39 is 65.3 Å². The molecule has 0 spiro atoms. The van der Waals surface area contributed by atoms with Crippen LogP contribution in [0.2, 0.25) is 6.32 Å². The number of nitrogens with zero attached hydrogens (tertiary/aromatic N) is 1. The quantitative estimate of drug-likeness (QED) is 0.160. The van der Waals surface area contributed by atoms with E-state index in [4.69, 9.17) is 26.3 Å². The third kappa shape index (κ3) is 5.88. The van der Waals surface area contributed by atoms with Gasteiger partial charge in [0.05, 0.1) is 31.3 Å². The van der Waals surface area contributed by atoms with Gasteiger partial charge >= 0.3 is 13.1 Å². The number of ether oxygens (including phenoxy) is 1. The Bertz CT molecular complexity index is 739. The van der Waals surface area contributed by atoms with Crippen LogP contribution in [-0.4, -0.2) is 96.8 Å². The van der Waals surface area contributed by atoms with Gasteiger partial charge < -0.3 is 36.7 Å². The van der Waals surface area contributed by atoms with E-state index in [0.29, 0.717) is 0 Å². The van der Waals surface area contributed by atoms with Gasteiger partial charge in [0.25, 0.3) is 10.2 Å². The summed E-state index contributed by atoms with van der Waals surface area (Å²) in [6.07, 6.45) is 0.515. The molecule has 0 saturated carbocycles. The number of aliphatic carboxylic acids is 1. The van der Waals surface area contributed by atoms with Crippen molar-refractivity contribution < 1.29 is 37.9 Å². The number of nitrogens with one attached hydrogen (secondary N) is 2. The summed E-state index contributed by atoms with van der Waals surface area (Å²) in [6, 6.07) is -2.14. The highest BCUT2D eigenvalue weighted by molar-refractivity contribution is 7.87. The molecular weight excluding hydrogens is 421 g/mol. The Balaban J connectivity index is 2.07. The number of carbonyl (C=O) groups is 2. The molecule has 0 aromatic heterocycles. The lowest BCUT2D eigenvalue weighted by molar-refractivity contribution is -0.144. The molecule has 172 valence electrons. The van der Waals surface area contributed by atoms with E-state index in [0.717, 1.165) is 4.31 Å². The molecule has 2 saturated heterocycles. The molecule has 15 heteroatoms. The summed E-state index contributed by atoms with van der Waals surface area (Å²) in [5, 5.41) is 30.1. The lowest BCUT2D eigenvalue weighted by atomic mass is 9.78. The molecule has 2 heterocycles. The second-order valence-electron chi connectivity index (χ2n) is 7.92. The molecule has 5 atom stereocenters. The van der Waals surface area contributed by atoms with E-state index in [1.165, 1.54) is 6.92 Å². The molecule has 2 aliphatic heterocycles. The van der Waals surface area contributed by atoms with E-state index in [-0.39, 0.29) is 38.9 Å². The van der Waals surface area contributed by atoms with Gasteiger partial charge in [0, 0.05) is 19.0 Å². The van der Waals surface area contributed by atoms with Crippen molar-refractivity contribution in [1.82, 2.24) is 14.3 Å². The van der Waals surface area contributed by atoms with Crippen molar-refractivity contribution in [1.29, 1.82) is 0 Å². The Morgan fingerprint density at radius 3 is 2.53 bits per heavy atom. The number of carbonyl (C=O) groups excluding carboxylic acids is 1. The average Bonchev–Trinajstić information content (AvgIpc) is 3.20. The number of hydrogen-bond acceptors (Lipinski definition) is 9. The fourth-order valence-corrected chi connectivity index (χ4v) is 5.13. The van der Waals surface area contributed by atoms with Gasteiger partial charge in [-0.25, -0.2) is 0 Å². The predicted octanol–water partition coefficient (Wildman–Crippen LogP) is -3.98. The summed E-state index contributed by atoms with van der Waals surface area (Å²) >= 11 is 0. The van der Waals surface area contributed by atoms with Crippen LogP contribution in [0, 0.1) is 5.92 Å². The number of carboxylic acids is 1. The van der Waals surface area contributed by atoms with E-state index in [2.05, 4.69) is 10.0 Å². The maximum absolute atomic E-state index is 12.9. The number of rotatable bonds is 10. The summed E-state index contributed by atoms with van der Waals surface area (Å²) in [7, 11) is -5.66. The smallest absolute Gasteiger partial charge is 0.451 e. The minimum absolute atomic E-state index is 0.0254. The fourth-order valence-electron chi connectivity index (χ4n) is 3.61. The van der Waals surface area contributed by atoms with Crippen molar-refractivity contribution in [3.05, 3.63) is 0 Å². The molecular formula is C15H30BN5O8S. The van der Waals surface area contributed by atoms with Crippen molar-refractivity contribution >= 4 is 29.2 Å². The molecule has 0 aromatic carbocycles. The molecule has 2 fully saturated rings. The molecule has 0 aromatic rings. The Hall–Kier alpha value is -1.33. The molecule has 30 heavy (non-hydrogen) atoms. The maximum atomic E-state index is 12.9. The summed E-state index contributed by atoms with van der Waals surface area (Å²) in [6.45, 7) is 1.06. The first-order chi connectivity index (χ1) is 13.9. The zero-order valence-electron chi connectivity index (χ0n) is 16.7. The van der Waals surface area contributed by atoms with E-state index in [9.17, 15) is 23.1 Å². The predicted molar refractivity (Wildman–Crippen MR) is 106 cm³/mol. The van der Waals surface area contributed by atoms with Crippen molar-refractivity contribution in [3.63, 3.8) is 0 Å². The van der Waals surface area contributed by atoms with Gasteiger partial charge in [-0.05, 0) is 19.7 Å². The lowest BCUT2D eigenvalue weighted by Crippen LogP contribution is -2.57. The summed E-state index contributed by atoms with van der Waals surface area (Å²) in [4.78, 5) is 23.6. The fraction of sp³-hybridized carbons (Fsp3) is 0.867. The van der Waals surface area contributed by atoms with Crippen LogP contribution in [0.3, 0.4) is 0 Å². The molecule has 2 rings (SSSR count). The van der Waals surface area contributed by atoms with Gasteiger partial charge in [-0.2, -0.15) is 17.4 Å². The minimum atomic E-state index is -4.13. The zero-order chi connectivity index (χ0) is 22.7.